The minimum atomic E-state index is -0.685. The van der Waals surface area contributed by atoms with Crippen molar-refractivity contribution in [2.75, 3.05) is 6.61 Å². The van der Waals surface area contributed by atoms with Crippen molar-refractivity contribution in [2.24, 2.45) is 11.8 Å². The van der Waals surface area contributed by atoms with Crippen molar-refractivity contribution < 1.29 is 9.84 Å². The lowest BCUT2D eigenvalue weighted by Gasteiger charge is -2.46. The quantitative estimate of drug-likeness (QED) is 0.872. The fourth-order valence-corrected chi connectivity index (χ4v) is 2.43. The largest absolute Gasteiger partial charge is 0.492 e. The van der Waals surface area contributed by atoms with Gasteiger partial charge in [0.2, 0.25) is 0 Å². The Morgan fingerprint density at radius 2 is 2.18 bits per heavy atom. The van der Waals surface area contributed by atoms with Crippen molar-refractivity contribution in [2.45, 2.75) is 39.2 Å². The van der Waals surface area contributed by atoms with E-state index in [0.717, 1.165) is 24.2 Å². The van der Waals surface area contributed by atoms with Crippen LogP contribution in [0.15, 0.2) is 18.5 Å². The molecule has 0 spiro atoms. The third-order valence-corrected chi connectivity index (χ3v) is 3.70. The second-order valence-corrected chi connectivity index (χ2v) is 5.29. The van der Waals surface area contributed by atoms with Crippen molar-refractivity contribution in [1.82, 2.24) is 4.98 Å². The third kappa shape index (κ3) is 2.44. The van der Waals surface area contributed by atoms with Crippen LogP contribution < -0.4 is 4.74 Å². The van der Waals surface area contributed by atoms with Gasteiger partial charge < -0.3 is 9.84 Å². The molecule has 0 atom stereocenters. The summed E-state index contributed by atoms with van der Waals surface area (Å²) in [6.07, 6.45) is 5.11. The van der Waals surface area contributed by atoms with Crippen LogP contribution in [0.3, 0.4) is 0 Å². The summed E-state index contributed by atoms with van der Waals surface area (Å²) < 4.78 is 5.41. The third-order valence-electron chi connectivity index (χ3n) is 3.70. The van der Waals surface area contributed by atoms with E-state index in [1.807, 2.05) is 13.0 Å². The smallest absolute Gasteiger partial charge is 0.137 e. The number of rotatable bonds is 4. The molecular weight excluding hydrogens is 214 g/mol. The van der Waals surface area contributed by atoms with Crippen molar-refractivity contribution in [3.63, 3.8) is 0 Å². The molecular formula is C14H21NO2. The number of hydrogen-bond donors (Lipinski definition) is 1. The number of aromatic nitrogens is 1. The van der Waals surface area contributed by atoms with Gasteiger partial charge in [-0.2, -0.15) is 0 Å². The Kier molecular flexibility index (Phi) is 3.38. The second-order valence-electron chi connectivity index (χ2n) is 5.29. The van der Waals surface area contributed by atoms with Gasteiger partial charge in [0.25, 0.3) is 0 Å². The van der Waals surface area contributed by atoms with Crippen molar-refractivity contribution in [3.05, 3.63) is 24.0 Å². The first-order valence-electron chi connectivity index (χ1n) is 6.36. The maximum absolute atomic E-state index is 10.5. The highest BCUT2D eigenvalue weighted by Gasteiger charge is 2.45. The summed E-state index contributed by atoms with van der Waals surface area (Å²) in [6, 6.07) is 1.91. The van der Waals surface area contributed by atoms with E-state index in [0.29, 0.717) is 18.4 Å². The van der Waals surface area contributed by atoms with Gasteiger partial charge in [0, 0.05) is 11.8 Å². The molecule has 0 saturated heterocycles. The lowest BCUT2D eigenvalue weighted by atomic mass is 9.64. The number of ether oxygens (including phenoxy) is 1. The standard InChI is InChI=1S/C14H21NO2/c1-4-17-13-5-12(8-15-9-13)14(16)6-11(7-14)10(2)3/h5,8-11,16H,4,6-7H2,1-3H3. The molecule has 3 heteroatoms. The van der Waals surface area contributed by atoms with Crippen LogP contribution in [0.25, 0.3) is 0 Å². The van der Waals surface area contributed by atoms with E-state index in [9.17, 15) is 5.11 Å². The van der Waals surface area contributed by atoms with Gasteiger partial charge in [-0.15, -0.1) is 0 Å². The lowest BCUT2D eigenvalue weighted by Crippen LogP contribution is -2.43. The summed E-state index contributed by atoms with van der Waals surface area (Å²) in [6.45, 7) is 6.98. The molecule has 0 amide bonds. The highest BCUT2D eigenvalue weighted by Crippen LogP contribution is 2.48. The average Bonchev–Trinajstić information content (AvgIpc) is 2.25. The van der Waals surface area contributed by atoms with E-state index in [2.05, 4.69) is 18.8 Å². The molecule has 1 heterocycles. The molecule has 1 aliphatic rings. The lowest BCUT2D eigenvalue weighted by molar-refractivity contribution is -0.0937. The van der Waals surface area contributed by atoms with Crippen molar-refractivity contribution in [3.8, 4) is 5.75 Å². The SMILES string of the molecule is CCOc1cncc(C2(O)CC(C(C)C)C2)c1. The number of pyridine rings is 1. The number of aliphatic hydroxyl groups is 1. The summed E-state index contributed by atoms with van der Waals surface area (Å²) >= 11 is 0. The van der Waals surface area contributed by atoms with Crippen LogP contribution in [0.1, 0.15) is 39.2 Å². The first-order chi connectivity index (χ1) is 8.05. The van der Waals surface area contributed by atoms with Gasteiger partial charge in [-0.3, -0.25) is 4.98 Å². The molecule has 0 bridgehead atoms. The van der Waals surface area contributed by atoms with Crippen LogP contribution in [0.2, 0.25) is 0 Å². The Hall–Kier alpha value is -1.09. The minimum Gasteiger partial charge on any atom is -0.492 e. The minimum absolute atomic E-state index is 0.621. The number of hydrogen-bond acceptors (Lipinski definition) is 3. The first kappa shape index (κ1) is 12.4. The highest BCUT2D eigenvalue weighted by atomic mass is 16.5. The Morgan fingerprint density at radius 3 is 2.76 bits per heavy atom. The molecule has 1 N–H and O–H groups in total. The van der Waals surface area contributed by atoms with Crippen LogP contribution in [0.4, 0.5) is 0 Å². The molecule has 94 valence electrons. The van der Waals surface area contributed by atoms with Crippen LogP contribution in [-0.2, 0) is 5.60 Å². The van der Waals surface area contributed by atoms with E-state index in [-0.39, 0.29) is 0 Å². The summed E-state index contributed by atoms with van der Waals surface area (Å²) in [5.74, 6) is 2.00. The molecule has 3 nitrogen and oxygen atoms in total. The van der Waals surface area contributed by atoms with E-state index in [4.69, 9.17) is 4.74 Å². The zero-order valence-electron chi connectivity index (χ0n) is 10.8. The predicted molar refractivity (Wildman–Crippen MR) is 66.9 cm³/mol. The Bertz CT molecular complexity index is 384. The molecule has 1 saturated carbocycles. The fraction of sp³-hybridized carbons (Fsp3) is 0.643. The maximum Gasteiger partial charge on any atom is 0.137 e. The molecule has 0 aliphatic heterocycles. The first-order valence-corrected chi connectivity index (χ1v) is 6.36. The molecule has 1 aromatic heterocycles. The van der Waals surface area contributed by atoms with Crippen LogP contribution in [0, 0.1) is 11.8 Å². The zero-order valence-corrected chi connectivity index (χ0v) is 10.8. The van der Waals surface area contributed by atoms with E-state index in [1.54, 1.807) is 12.4 Å². The van der Waals surface area contributed by atoms with Gasteiger partial charge in [0.15, 0.2) is 0 Å². The Labute approximate surface area is 103 Å². The molecule has 2 rings (SSSR count). The average molecular weight is 235 g/mol. The highest BCUT2D eigenvalue weighted by molar-refractivity contribution is 5.30. The van der Waals surface area contributed by atoms with Crippen molar-refractivity contribution >= 4 is 0 Å². The zero-order chi connectivity index (χ0) is 12.5. The van der Waals surface area contributed by atoms with Gasteiger partial charge >= 0.3 is 0 Å². The van der Waals surface area contributed by atoms with Gasteiger partial charge in [0.05, 0.1) is 18.4 Å². The second kappa shape index (κ2) is 4.65. The van der Waals surface area contributed by atoms with Gasteiger partial charge in [-0.05, 0) is 37.7 Å². The molecule has 1 aromatic rings. The van der Waals surface area contributed by atoms with Crippen LogP contribution >= 0.6 is 0 Å². The summed E-state index contributed by atoms with van der Waals surface area (Å²) in [5, 5.41) is 10.5. The molecule has 0 aromatic carbocycles. The van der Waals surface area contributed by atoms with Gasteiger partial charge in [0.1, 0.15) is 5.75 Å². The monoisotopic (exact) mass is 235 g/mol. The topological polar surface area (TPSA) is 42.4 Å². The van der Waals surface area contributed by atoms with E-state index < -0.39 is 5.60 Å². The maximum atomic E-state index is 10.5. The van der Waals surface area contributed by atoms with E-state index >= 15 is 0 Å². The van der Waals surface area contributed by atoms with Crippen LogP contribution in [-0.4, -0.2) is 16.7 Å². The molecule has 0 radical (unpaired) electrons. The van der Waals surface area contributed by atoms with Crippen LogP contribution in [0.5, 0.6) is 5.75 Å². The molecule has 17 heavy (non-hydrogen) atoms. The van der Waals surface area contributed by atoms with E-state index in [1.165, 1.54) is 0 Å². The number of nitrogens with zero attached hydrogens (tertiary/aromatic N) is 1. The summed E-state index contributed by atoms with van der Waals surface area (Å²) in [5.41, 5.74) is 0.204. The Morgan fingerprint density at radius 1 is 1.47 bits per heavy atom. The summed E-state index contributed by atoms with van der Waals surface area (Å²) in [7, 11) is 0. The van der Waals surface area contributed by atoms with Gasteiger partial charge in [-0.25, -0.2) is 0 Å². The van der Waals surface area contributed by atoms with Crippen molar-refractivity contribution in [1.29, 1.82) is 0 Å². The Balaban J connectivity index is 2.10. The molecule has 1 fully saturated rings. The molecule has 0 unspecified atom stereocenters. The summed E-state index contributed by atoms with van der Waals surface area (Å²) in [4.78, 5) is 4.14. The van der Waals surface area contributed by atoms with Gasteiger partial charge in [-0.1, -0.05) is 13.8 Å². The predicted octanol–water partition coefficient (Wildman–Crippen LogP) is 2.73. The fourth-order valence-electron chi connectivity index (χ4n) is 2.43. The normalized spacial score (nSPS) is 27.9. The molecule has 1 aliphatic carbocycles.